The van der Waals surface area contributed by atoms with Crippen molar-refractivity contribution < 1.29 is 13.2 Å². The zero-order valence-corrected chi connectivity index (χ0v) is 11.7. The number of sulfone groups is 1. The molecule has 19 heavy (non-hydrogen) atoms. The van der Waals surface area contributed by atoms with Crippen molar-refractivity contribution in [3.05, 3.63) is 54.6 Å². The summed E-state index contributed by atoms with van der Waals surface area (Å²) in [5.74, 6) is 0. The highest BCUT2D eigenvalue weighted by atomic mass is 32.2. The molecule has 0 N–H and O–H groups in total. The van der Waals surface area contributed by atoms with Crippen molar-refractivity contribution in [3.63, 3.8) is 0 Å². The Kier molecular flexibility index (Phi) is 4.01. The fourth-order valence-corrected chi connectivity index (χ4v) is 2.85. The Morgan fingerprint density at radius 1 is 1.37 bits per heavy atom. The van der Waals surface area contributed by atoms with Crippen LogP contribution in [0.25, 0.3) is 0 Å². The van der Waals surface area contributed by atoms with Crippen LogP contribution in [0.4, 0.5) is 0 Å². The minimum Gasteiger partial charge on any atom is -0.461 e. The largest absolute Gasteiger partial charge is 0.461 e. The zero-order valence-electron chi connectivity index (χ0n) is 10.1. The van der Waals surface area contributed by atoms with E-state index in [1.165, 1.54) is 6.20 Å². The van der Waals surface area contributed by atoms with Crippen LogP contribution in [-0.4, -0.2) is 31.1 Å². The van der Waals surface area contributed by atoms with Crippen LogP contribution in [0.3, 0.4) is 0 Å². The highest BCUT2D eigenvalue weighted by Gasteiger charge is 2.24. The highest BCUT2D eigenvalue weighted by molar-refractivity contribution is 7.94. The van der Waals surface area contributed by atoms with Crippen molar-refractivity contribution in [1.82, 2.24) is 4.90 Å². The van der Waals surface area contributed by atoms with Gasteiger partial charge >= 0.3 is 0 Å². The molecule has 1 aliphatic rings. The van der Waals surface area contributed by atoms with Gasteiger partial charge in [-0.1, -0.05) is 24.8 Å². The van der Waals surface area contributed by atoms with Gasteiger partial charge in [-0.2, -0.15) is 0 Å². The summed E-state index contributed by atoms with van der Waals surface area (Å²) < 4.78 is 29.3. The van der Waals surface area contributed by atoms with Crippen molar-refractivity contribution >= 4 is 27.2 Å². The third kappa shape index (κ3) is 3.21. The van der Waals surface area contributed by atoms with Crippen LogP contribution < -0.4 is 0 Å². The van der Waals surface area contributed by atoms with Gasteiger partial charge < -0.3 is 9.64 Å². The predicted octanol–water partition coefficient (Wildman–Crippen LogP) is 2.10. The summed E-state index contributed by atoms with van der Waals surface area (Å²) >= 11 is 5.00. The van der Waals surface area contributed by atoms with E-state index in [1.54, 1.807) is 41.3 Å². The Morgan fingerprint density at radius 3 is 2.63 bits per heavy atom. The third-order valence-electron chi connectivity index (χ3n) is 2.62. The van der Waals surface area contributed by atoms with E-state index in [4.69, 9.17) is 17.0 Å². The standard InChI is InChI=1S/C13H13NO3S2/c1-2-11-10-14(13(18)17-11)8-9-19(15,16)12-6-4-3-5-7-12/h2-9,11H,1,10H2/b9-8+/t11-/m1/s1. The van der Waals surface area contributed by atoms with Crippen molar-refractivity contribution in [2.24, 2.45) is 0 Å². The summed E-state index contributed by atoms with van der Waals surface area (Å²) in [6, 6.07) is 8.22. The molecule has 0 bridgehead atoms. The number of benzene rings is 1. The summed E-state index contributed by atoms with van der Waals surface area (Å²) in [6.45, 7) is 4.09. The normalized spacial score (nSPS) is 19.7. The molecule has 1 fully saturated rings. The maximum Gasteiger partial charge on any atom is 0.264 e. The molecule has 1 atom stereocenters. The second-order valence-corrected chi connectivity index (χ2v) is 6.14. The van der Waals surface area contributed by atoms with Crippen molar-refractivity contribution in [3.8, 4) is 0 Å². The lowest BCUT2D eigenvalue weighted by atomic mass is 10.3. The molecule has 2 rings (SSSR count). The molecule has 0 unspecified atom stereocenters. The summed E-state index contributed by atoms with van der Waals surface area (Å²) in [5.41, 5.74) is 0. The average molecular weight is 295 g/mol. The maximum absolute atomic E-state index is 12.0. The van der Waals surface area contributed by atoms with E-state index in [0.29, 0.717) is 6.54 Å². The summed E-state index contributed by atoms with van der Waals surface area (Å²) in [6.07, 6.45) is 2.86. The molecule has 6 heteroatoms. The molecule has 0 saturated carbocycles. The van der Waals surface area contributed by atoms with Crippen LogP contribution in [0.15, 0.2) is 59.5 Å². The van der Waals surface area contributed by atoms with Gasteiger partial charge in [0.1, 0.15) is 6.10 Å². The first-order valence-corrected chi connectivity index (χ1v) is 7.56. The number of thiocarbonyl (C=S) groups is 1. The average Bonchev–Trinajstić information content (AvgIpc) is 2.78. The van der Waals surface area contributed by atoms with E-state index in [1.807, 2.05) is 0 Å². The van der Waals surface area contributed by atoms with Crippen LogP contribution in [-0.2, 0) is 14.6 Å². The van der Waals surface area contributed by atoms with E-state index in [0.717, 1.165) is 5.41 Å². The molecule has 1 aromatic rings. The second kappa shape index (κ2) is 5.54. The lowest BCUT2D eigenvalue weighted by Gasteiger charge is -2.07. The fraction of sp³-hybridized carbons (Fsp3) is 0.154. The van der Waals surface area contributed by atoms with Gasteiger partial charge in [0, 0.05) is 6.20 Å². The molecule has 0 aliphatic carbocycles. The van der Waals surface area contributed by atoms with Crippen LogP contribution in [0.1, 0.15) is 0 Å². The van der Waals surface area contributed by atoms with Crippen LogP contribution in [0.2, 0.25) is 0 Å². The Hall–Kier alpha value is -1.66. The molecule has 0 radical (unpaired) electrons. The first-order chi connectivity index (χ1) is 9.03. The van der Waals surface area contributed by atoms with E-state index in [-0.39, 0.29) is 16.2 Å². The monoisotopic (exact) mass is 295 g/mol. The summed E-state index contributed by atoms with van der Waals surface area (Å²) in [5, 5.41) is 1.38. The lowest BCUT2D eigenvalue weighted by Crippen LogP contribution is -2.18. The first kappa shape index (κ1) is 13.8. The van der Waals surface area contributed by atoms with E-state index >= 15 is 0 Å². The predicted molar refractivity (Wildman–Crippen MR) is 77.1 cm³/mol. The topological polar surface area (TPSA) is 46.6 Å². The van der Waals surface area contributed by atoms with Gasteiger partial charge in [0.2, 0.25) is 9.84 Å². The Labute approximate surface area is 117 Å². The summed E-state index contributed by atoms with van der Waals surface area (Å²) in [4.78, 5) is 1.82. The van der Waals surface area contributed by atoms with Gasteiger partial charge in [-0.15, -0.1) is 0 Å². The van der Waals surface area contributed by atoms with Crippen LogP contribution >= 0.6 is 12.2 Å². The number of rotatable bonds is 4. The molecular formula is C13H13NO3S2. The molecule has 0 aromatic heterocycles. The van der Waals surface area contributed by atoms with Gasteiger partial charge in [0.25, 0.3) is 5.17 Å². The van der Waals surface area contributed by atoms with Crippen molar-refractivity contribution in [2.45, 2.75) is 11.0 Å². The Morgan fingerprint density at radius 2 is 2.05 bits per heavy atom. The van der Waals surface area contributed by atoms with Crippen molar-refractivity contribution in [1.29, 1.82) is 0 Å². The molecule has 1 aromatic carbocycles. The number of ether oxygens (including phenoxy) is 1. The van der Waals surface area contributed by atoms with Gasteiger partial charge in [-0.3, -0.25) is 0 Å². The quantitative estimate of drug-likeness (QED) is 0.629. The molecule has 100 valence electrons. The summed E-state index contributed by atoms with van der Waals surface area (Å²) in [7, 11) is -3.46. The van der Waals surface area contributed by atoms with Crippen LogP contribution in [0.5, 0.6) is 0 Å². The Bertz CT molecular complexity index is 608. The van der Waals surface area contributed by atoms with E-state index < -0.39 is 9.84 Å². The minimum atomic E-state index is -3.46. The Balaban J connectivity index is 2.15. The fourth-order valence-electron chi connectivity index (χ4n) is 1.59. The molecule has 1 saturated heterocycles. The maximum atomic E-state index is 12.0. The molecule has 4 nitrogen and oxygen atoms in total. The SMILES string of the molecule is C=C[C@@H]1CN(/C=C/S(=O)(=O)c2ccccc2)C(=S)O1. The zero-order chi connectivity index (χ0) is 13.9. The molecule has 1 aliphatic heterocycles. The lowest BCUT2D eigenvalue weighted by molar-refractivity contribution is 0.287. The van der Waals surface area contributed by atoms with Gasteiger partial charge in [0.05, 0.1) is 16.8 Å². The highest BCUT2D eigenvalue weighted by Crippen LogP contribution is 2.15. The first-order valence-electron chi connectivity index (χ1n) is 5.61. The molecule has 1 heterocycles. The van der Waals surface area contributed by atoms with Crippen LogP contribution in [0, 0.1) is 0 Å². The number of hydrogen-bond donors (Lipinski definition) is 0. The smallest absolute Gasteiger partial charge is 0.264 e. The van der Waals surface area contributed by atoms with E-state index in [2.05, 4.69) is 6.58 Å². The van der Waals surface area contributed by atoms with Crippen molar-refractivity contribution in [2.75, 3.05) is 6.54 Å². The van der Waals surface area contributed by atoms with Gasteiger partial charge in [-0.05, 0) is 30.4 Å². The number of nitrogens with zero attached hydrogens (tertiary/aromatic N) is 1. The minimum absolute atomic E-state index is 0.198. The number of hydrogen-bond acceptors (Lipinski definition) is 4. The van der Waals surface area contributed by atoms with Gasteiger partial charge in [0.15, 0.2) is 0 Å². The molecule has 0 amide bonds. The van der Waals surface area contributed by atoms with Gasteiger partial charge in [-0.25, -0.2) is 8.42 Å². The molecule has 0 spiro atoms. The molecular weight excluding hydrogens is 282 g/mol. The third-order valence-corrected chi connectivity index (χ3v) is 4.36. The second-order valence-electron chi connectivity index (χ2n) is 3.95. The van der Waals surface area contributed by atoms with E-state index in [9.17, 15) is 8.42 Å².